The molecule has 6 aromatic rings. The second kappa shape index (κ2) is 15.7. The van der Waals surface area contributed by atoms with Crippen LogP contribution in [-0.4, -0.2) is 12.8 Å². The lowest BCUT2D eigenvalue weighted by atomic mass is 9.35. The van der Waals surface area contributed by atoms with Gasteiger partial charge in [-0.2, -0.15) is 0 Å². The number of fused-ring (bicyclic) bond motifs is 9. The van der Waals surface area contributed by atoms with Crippen LogP contribution in [0.25, 0.3) is 11.0 Å². The van der Waals surface area contributed by atoms with Gasteiger partial charge in [0.2, 0.25) is 0 Å². The third kappa shape index (κ3) is 7.39. The molecule has 3 nitrogen and oxygen atoms in total. The highest BCUT2D eigenvalue weighted by atomic mass is 16.3. The van der Waals surface area contributed by atoms with Crippen LogP contribution in [0.5, 0.6) is 0 Å². The van der Waals surface area contributed by atoms with Crippen molar-refractivity contribution in [2.24, 2.45) is 5.41 Å². The summed E-state index contributed by atoms with van der Waals surface area (Å²) < 4.78 is 7.86. The van der Waals surface area contributed by atoms with Gasteiger partial charge in [-0.3, -0.25) is 0 Å². The van der Waals surface area contributed by atoms with E-state index in [-0.39, 0.29) is 62.0 Å². The van der Waals surface area contributed by atoms with Gasteiger partial charge in [-0.25, -0.2) is 0 Å². The second-order valence-electron chi connectivity index (χ2n) is 30.2. The zero-order chi connectivity index (χ0) is 52.8. The molecule has 384 valence electrons. The fourth-order valence-corrected chi connectivity index (χ4v) is 14.8. The first-order valence-electron chi connectivity index (χ1n) is 28.6. The van der Waals surface area contributed by atoms with Crippen molar-refractivity contribution in [3.63, 3.8) is 0 Å². The predicted octanol–water partition coefficient (Wildman–Crippen LogP) is 17.2. The Morgan fingerprint density at radius 3 is 1.64 bits per heavy atom. The molecule has 2 aliphatic heterocycles. The third-order valence-electron chi connectivity index (χ3n) is 20.2. The lowest BCUT2D eigenvalue weighted by molar-refractivity contribution is 0.332. The van der Waals surface area contributed by atoms with Crippen molar-refractivity contribution >= 4 is 62.7 Å². The molecule has 1 aromatic heterocycles. The fraction of sp³-hybridized carbons (Fsp3) is 0.486. The summed E-state index contributed by atoms with van der Waals surface area (Å²) >= 11 is 0. The molecule has 2 atom stereocenters. The van der Waals surface area contributed by atoms with Gasteiger partial charge in [-0.1, -0.05) is 185 Å². The Balaban J connectivity index is 1.24. The largest absolute Gasteiger partial charge is 0.468 e. The van der Waals surface area contributed by atoms with Gasteiger partial charge in [0.25, 0.3) is 6.71 Å². The number of nitrogens with zero attached hydrogens (tertiary/aromatic N) is 2. The van der Waals surface area contributed by atoms with Gasteiger partial charge >= 0.3 is 0 Å². The van der Waals surface area contributed by atoms with Crippen molar-refractivity contribution in [3.8, 4) is 0 Å². The molecular weight excluding hydrogens is 896 g/mol. The summed E-state index contributed by atoms with van der Waals surface area (Å²) in [5.74, 6) is 0.0833. The summed E-state index contributed by atoms with van der Waals surface area (Å²) in [5, 5.41) is 1.24. The van der Waals surface area contributed by atoms with Gasteiger partial charge in [-0.05, 0) is 185 Å². The molecule has 0 radical (unpaired) electrons. The molecule has 4 aliphatic carbocycles. The van der Waals surface area contributed by atoms with Gasteiger partial charge in [0.15, 0.2) is 0 Å². The molecule has 6 aliphatic rings. The Morgan fingerprint density at radius 2 is 1.05 bits per heavy atom. The summed E-state index contributed by atoms with van der Waals surface area (Å²) in [6.07, 6.45) is 14.6. The van der Waals surface area contributed by atoms with Crippen LogP contribution in [-0.2, 0) is 37.9 Å². The number of allylic oxidation sites excluding steroid dienone is 2. The van der Waals surface area contributed by atoms with E-state index in [1.807, 2.05) is 0 Å². The highest BCUT2D eigenvalue weighted by Crippen LogP contribution is 2.56. The van der Waals surface area contributed by atoms with Crippen molar-refractivity contribution in [1.29, 1.82) is 0 Å². The molecule has 0 spiro atoms. The monoisotopic (exact) mass is 981 g/mol. The van der Waals surface area contributed by atoms with Gasteiger partial charge < -0.3 is 14.2 Å². The van der Waals surface area contributed by atoms with Crippen molar-refractivity contribution in [1.82, 2.24) is 0 Å². The molecule has 0 fully saturated rings. The highest BCUT2D eigenvalue weighted by molar-refractivity contribution is 6.99. The molecule has 3 heterocycles. The Labute approximate surface area is 446 Å². The van der Waals surface area contributed by atoms with E-state index in [0.29, 0.717) is 0 Å². The zero-order valence-corrected chi connectivity index (χ0v) is 48.6. The minimum absolute atomic E-state index is 0.0118. The summed E-state index contributed by atoms with van der Waals surface area (Å²) in [7, 11) is 0. The second-order valence-corrected chi connectivity index (χ2v) is 30.2. The number of furan rings is 1. The van der Waals surface area contributed by atoms with E-state index in [4.69, 9.17) is 4.42 Å². The molecule has 12 rings (SSSR count). The zero-order valence-electron chi connectivity index (χ0n) is 48.6. The smallest absolute Gasteiger partial charge is 0.297 e. The lowest BCUT2D eigenvalue weighted by Gasteiger charge is -2.49. The van der Waals surface area contributed by atoms with Gasteiger partial charge in [-0.15, -0.1) is 0 Å². The summed E-state index contributed by atoms with van der Waals surface area (Å²) in [5.41, 5.74) is 24.3. The van der Waals surface area contributed by atoms with E-state index in [1.165, 1.54) is 108 Å². The summed E-state index contributed by atoms with van der Waals surface area (Å²) in [6, 6.07) is 34.6. The normalized spacial score (nSPS) is 23.3. The molecular formula is C70H85BN2O. The fourth-order valence-electron chi connectivity index (χ4n) is 14.8. The van der Waals surface area contributed by atoms with E-state index in [9.17, 15) is 0 Å². The van der Waals surface area contributed by atoms with E-state index >= 15 is 0 Å². The molecule has 0 saturated heterocycles. The lowest BCUT2D eigenvalue weighted by Crippen LogP contribution is -2.63. The maximum Gasteiger partial charge on any atom is 0.297 e. The first-order chi connectivity index (χ1) is 34.4. The van der Waals surface area contributed by atoms with Gasteiger partial charge in [0.05, 0.1) is 17.4 Å². The van der Waals surface area contributed by atoms with Crippen LogP contribution in [0.1, 0.15) is 214 Å². The topological polar surface area (TPSA) is 19.6 Å². The summed E-state index contributed by atoms with van der Waals surface area (Å²) in [4.78, 5) is 5.53. The van der Waals surface area contributed by atoms with Crippen LogP contribution in [0.4, 0.5) is 28.4 Å². The van der Waals surface area contributed by atoms with E-state index in [1.54, 1.807) is 0 Å². The van der Waals surface area contributed by atoms with Crippen molar-refractivity contribution in [2.75, 3.05) is 9.80 Å². The molecule has 0 saturated carbocycles. The highest BCUT2D eigenvalue weighted by Gasteiger charge is 2.52. The standard InChI is InChI=1S/C70H85BN2O/c1-63(2,3)43-24-27-55(46(34-43)42-22-20-19-21-23-42)73-58-36-44(64(4,5)6)35-57-60(58)71(62-61(73)47-38-50-53(41-59(47)74-62)70(17,18)33-30-67(50,11)12)54-39-51-52(69(15,16)32-31-68(51,13)14)40-56(54)72(57)45-25-26-48-49(37-45)66(9,10)29-28-65(48,7)8/h19-27,34-41,46,55H,28-33H2,1-18H3. The minimum atomic E-state index is -0.143. The maximum absolute atomic E-state index is 7.86. The molecule has 74 heavy (non-hydrogen) atoms. The van der Waals surface area contributed by atoms with Crippen LogP contribution >= 0.6 is 0 Å². The van der Waals surface area contributed by atoms with Crippen molar-refractivity contribution in [2.45, 2.75) is 213 Å². The van der Waals surface area contributed by atoms with Crippen molar-refractivity contribution in [3.05, 3.63) is 153 Å². The SMILES string of the molecule is CC(C)(C)C1=CC(c2ccccc2)C(N2c3cc(C(C)(C)C)cc4c3B(c3cc5c(cc3N4c3ccc4c(c3)C(C)(C)CCC4(C)C)C(C)(C)CCC5(C)C)c3oc4cc5c(cc4c32)C(C)(C)CCC5(C)C)C=C1. The van der Waals surface area contributed by atoms with Crippen LogP contribution in [0.15, 0.2) is 113 Å². The minimum Gasteiger partial charge on any atom is -0.468 e. The van der Waals surface area contributed by atoms with Gasteiger partial charge in [0.1, 0.15) is 5.58 Å². The quantitative estimate of drug-likeness (QED) is 0.165. The summed E-state index contributed by atoms with van der Waals surface area (Å²) in [6.45, 7) is 43.9. The molecule has 4 heteroatoms. The van der Waals surface area contributed by atoms with E-state index < -0.39 is 0 Å². The first-order valence-corrected chi connectivity index (χ1v) is 28.6. The molecule has 0 amide bonds. The van der Waals surface area contributed by atoms with Crippen LogP contribution in [0.2, 0.25) is 0 Å². The average molecular weight is 981 g/mol. The molecule has 0 bridgehead atoms. The third-order valence-corrected chi connectivity index (χ3v) is 20.2. The van der Waals surface area contributed by atoms with Crippen LogP contribution in [0, 0.1) is 5.41 Å². The Kier molecular flexibility index (Phi) is 10.5. The molecule has 2 unspecified atom stereocenters. The number of hydrogen-bond donors (Lipinski definition) is 0. The molecule has 5 aromatic carbocycles. The van der Waals surface area contributed by atoms with E-state index in [0.717, 1.165) is 36.9 Å². The van der Waals surface area contributed by atoms with E-state index in [2.05, 4.69) is 238 Å². The number of anilines is 5. The number of benzene rings is 5. The van der Waals surface area contributed by atoms with Crippen LogP contribution < -0.4 is 26.4 Å². The maximum atomic E-state index is 7.86. The van der Waals surface area contributed by atoms with Crippen molar-refractivity contribution < 1.29 is 4.42 Å². The molecule has 0 N–H and O–H groups in total. The number of rotatable bonds is 3. The number of hydrogen-bond acceptors (Lipinski definition) is 3. The average Bonchev–Trinajstić information content (AvgIpc) is 3.76. The Bertz CT molecular complexity index is 3390. The Morgan fingerprint density at radius 1 is 0.527 bits per heavy atom. The van der Waals surface area contributed by atoms with Gasteiger partial charge in [0, 0.05) is 34.1 Å². The predicted molar refractivity (Wildman–Crippen MR) is 318 cm³/mol. The Hall–Kier alpha value is -5.22. The first kappa shape index (κ1) is 49.6. The van der Waals surface area contributed by atoms with Crippen LogP contribution in [0.3, 0.4) is 0 Å².